The van der Waals surface area contributed by atoms with Gasteiger partial charge in [-0.2, -0.15) is 0 Å². The second-order valence-corrected chi connectivity index (χ2v) is 4.82. The Kier molecular flexibility index (Phi) is 4.20. The Balaban J connectivity index is 2.04. The number of fused-ring (bicyclic) bond motifs is 1. The summed E-state index contributed by atoms with van der Waals surface area (Å²) in [5, 5.41) is 12.1. The van der Waals surface area contributed by atoms with Crippen molar-refractivity contribution >= 4 is 11.5 Å². The Labute approximate surface area is 128 Å². The van der Waals surface area contributed by atoms with Crippen LogP contribution in [0.2, 0.25) is 0 Å². The van der Waals surface area contributed by atoms with Gasteiger partial charge in [0.2, 0.25) is 0 Å². The van der Waals surface area contributed by atoms with E-state index in [1.54, 1.807) is 13.3 Å². The van der Waals surface area contributed by atoms with Crippen LogP contribution in [0, 0.1) is 0 Å². The zero-order valence-corrected chi connectivity index (χ0v) is 12.4. The molecular weight excluding hydrogens is 280 g/mol. The highest BCUT2D eigenvalue weighted by Gasteiger charge is 2.13. The lowest BCUT2D eigenvalue weighted by atomic mass is 10.1. The molecule has 1 aromatic carbocycles. The summed E-state index contributed by atoms with van der Waals surface area (Å²) in [6.45, 7) is 0.803. The molecule has 0 aliphatic carbocycles. The zero-order chi connectivity index (χ0) is 15.4. The summed E-state index contributed by atoms with van der Waals surface area (Å²) in [5.41, 5.74) is 2.67. The Hall–Kier alpha value is -2.60. The molecule has 0 aliphatic heterocycles. The second-order valence-electron chi connectivity index (χ2n) is 4.82. The fourth-order valence-corrected chi connectivity index (χ4v) is 2.39. The normalized spacial score (nSPS) is 10.8. The fraction of sp³-hybridized carbons (Fsp3) is 0.250. The average molecular weight is 298 g/mol. The van der Waals surface area contributed by atoms with Crippen LogP contribution in [0.4, 0.5) is 5.82 Å². The van der Waals surface area contributed by atoms with Crippen LogP contribution in [0.15, 0.2) is 42.9 Å². The van der Waals surface area contributed by atoms with Gasteiger partial charge in [0.1, 0.15) is 5.75 Å². The largest absolute Gasteiger partial charge is 0.496 e. The van der Waals surface area contributed by atoms with Crippen LogP contribution in [0.3, 0.4) is 0 Å². The third-order valence-corrected chi connectivity index (χ3v) is 3.44. The van der Waals surface area contributed by atoms with Crippen molar-refractivity contribution in [1.29, 1.82) is 0 Å². The van der Waals surface area contributed by atoms with Crippen molar-refractivity contribution in [3.63, 3.8) is 0 Å². The van der Waals surface area contributed by atoms with E-state index in [9.17, 15) is 0 Å². The highest BCUT2D eigenvalue weighted by Crippen LogP contribution is 2.30. The van der Waals surface area contributed by atoms with Gasteiger partial charge in [-0.05, 0) is 18.6 Å². The first-order chi connectivity index (χ1) is 10.8. The molecule has 3 rings (SSSR count). The van der Waals surface area contributed by atoms with Crippen molar-refractivity contribution in [1.82, 2.24) is 14.4 Å². The number of nitrogens with zero attached hydrogens (tertiary/aromatic N) is 3. The maximum absolute atomic E-state index is 8.87. The number of anilines is 1. The number of imidazole rings is 1. The molecule has 0 unspecified atom stereocenters. The molecule has 2 aromatic heterocycles. The minimum absolute atomic E-state index is 0.150. The van der Waals surface area contributed by atoms with Gasteiger partial charge in [0, 0.05) is 31.1 Å². The molecule has 114 valence electrons. The summed E-state index contributed by atoms with van der Waals surface area (Å²) in [4.78, 5) is 8.79. The van der Waals surface area contributed by atoms with Gasteiger partial charge in [0.25, 0.3) is 0 Å². The number of ether oxygens (including phenoxy) is 1. The predicted molar refractivity (Wildman–Crippen MR) is 85.2 cm³/mol. The third-order valence-electron chi connectivity index (χ3n) is 3.44. The number of benzene rings is 1. The Morgan fingerprint density at radius 1 is 1.27 bits per heavy atom. The van der Waals surface area contributed by atoms with Gasteiger partial charge >= 0.3 is 0 Å². The fourth-order valence-electron chi connectivity index (χ4n) is 2.39. The molecule has 0 atom stereocenters. The molecule has 0 fully saturated rings. The van der Waals surface area contributed by atoms with Crippen LogP contribution in [-0.4, -0.2) is 39.7 Å². The Bertz CT molecular complexity index is 770. The first-order valence-corrected chi connectivity index (χ1v) is 7.15. The smallest absolute Gasteiger partial charge is 0.180 e. The molecule has 0 amide bonds. The number of hydrogen-bond acceptors (Lipinski definition) is 5. The van der Waals surface area contributed by atoms with Crippen molar-refractivity contribution in [2.75, 3.05) is 25.6 Å². The number of aliphatic hydroxyl groups is 1. The summed E-state index contributed by atoms with van der Waals surface area (Å²) in [6.07, 6.45) is 6.09. The molecule has 0 spiro atoms. The number of rotatable bonds is 6. The summed E-state index contributed by atoms with van der Waals surface area (Å²) in [5.74, 6) is 1.51. The van der Waals surface area contributed by atoms with Gasteiger partial charge in [-0.1, -0.05) is 12.1 Å². The van der Waals surface area contributed by atoms with Gasteiger partial charge in [0.05, 0.1) is 19.0 Å². The molecule has 22 heavy (non-hydrogen) atoms. The Morgan fingerprint density at radius 2 is 2.14 bits per heavy atom. The summed E-state index contributed by atoms with van der Waals surface area (Å²) >= 11 is 0. The molecule has 2 N–H and O–H groups in total. The average Bonchev–Trinajstić information content (AvgIpc) is 3.00. The SMILES string of the molecule is COc1ccccc1-c1cnc2c(NCCCO)nccn12. The van der Waals surface area contributed by atoms with Gasteiger partial charge in [0.15, 0.2) is 11.5 Å². The topological polar surface area (TPSA) is 71.7 Å². The van der Waals surface area contributed by atoms with Crippen molar-refractivity contribution in [2.24, 2.45) is 0 Å². The molecule has 0 radical (unpaired) electrons. The predicted octanol–water partition coefficient (Wildman–Crippen LogP) is 2.20. The molecular formula is C16H18N4O2. The lowest BCUT2D eigenvalue weighted by Crippen LogP contribution is -2.06. The monoisotopic (exact) mass is 298 g/mol. The van der Waals surface area contributed by atoms with E-state index >= 15 is 0 Å². The maximum Gasteiger partial charge on any atom is 0.180 e. The van der Waals surface area contributed by atoms with Crippen LogP contribution in [0.5, 0.6) is 5.75 Å². The van der Waals surface area contributed by atoms with Crippen LogP contribution in [0.1, 0.15) is 6.42 Å². The number of aromatic nitrogens is 3. The highest BCUT2D eigenvalue weighted by atomic mass is 16.5. The molecule has 0 bridgehead atoms. The zero-order valence-electron chi connectivity index (χ0n) is 12.4. The summed E-state index contributed by atoms with van der Waals surface area (Å²) in [6, 6.07) is 7.84. The van der Waals surface area contributed by atoms with Gasteiger partial charge in [-0.15, -0.1) is 0 Å². The lowest BCUT2D eigenvalue weighted by Gasteiger charge is -2.09. The molecule has 0 saturated carbocycles. The van der Waals surface area contributed by atoms with E-state index in [0.29, 0.717) is 18.8 Å². The van der Waals surface area contributed by atoms with Gasteiger partial charge in [-0.25, -0.2) is 9.97 Å². The Morgan fingerprint density at radius 3 is 2.95 bits per heavy atom. The summed E-state index contributed by atoms with van der Waals surface area (Å²) < 4.78 is 7.41. The van der Waals surface area contributed by atoms with E-state index in [1.807, 2.05) is 41.1 Å². The first kappa shape index (κ1) is 14.3. The quantitative estimate of drug-likeness (QED) is 0.683. The number of hydrogen-bond donors (Lipinski definition) is 2. The molecule has 0 saturated heterocycles. The van der Waals surface area contributed by atoms with Crippen LogP contribution < -0.4 is 10.1 Å². The lowest BCUT2D eigenvalue weighted by molar-refractivity contribution is 0.292. The number of aliphatic hydroxyl groups excluding tert-OH is 1. The van der Waals surface area contributed by atoms with Crippen molar-refractivity contribution in [3.8, 4) is 17.0 Å². The van der Waals surface area contributed by atoms with Crippen LogP contribution in [0.25, 0.3) is 16.9 Å². The number of nitrogens with one attached hydrogen (secondary N) is 1. The maximum atomic E-state index is 8.87. The molecule has 2 heterocycles. The highest BCUT2D eigenvalue weighted by molar-refractivity contribution is 5.73. The van der Waals surface area contributed by atoms with Crippen LogP contribution >= 0.6 is 0 Å². The van der Waals surface area contributed by atoms with Crippen LogP contribution in [-0.2, 0) is 0 Å². The third kappa shape index (κ3) is 2.60. The van der Waals surface area contributed by atoms with Crippen molar-refractivity contribution < 1.29 is 9.84 Å². The van der Waals surface area contributed by atoms with Gasteiger partial charge < -0.3 is 15.2 Å². The molecule has 0 aliphatic rings. The first-order valence-electron chi connectivity index (χ1n) is 7.15. The van der Waals surface area contributed by atoms with Gasteiger partial charge in [-0.3, -0.25) is 4.40 Å². The minimum atomic E-state index is 0.150. The van der Waals surface area contributed by atoms with E-state index in [1.165, 1.54) is 0 Å². The van der Waals surface area contributed by atoms with E-state index < -0.39 is 0 Å². The second kappa shape index (κ2) is 6.44. The molecule has 3 aromatic rings. The standard InChI is InChI=1S/C16H18N4O2/c1-22-14-6-3-2-5-12(14)13-11-19-16-15(17-7-4-10-21)18-8-9-20(13)16/h2-3,5-6,8-9,11,21H,4,7,10H2,1H3,(H,17,18). The molecule has 6 nitrogen and oxygen atoms in total. The molecule has 6 heteroatoms. The van der Waals surface area contributed by atoms with E-state index in [2.05, 4.69) is 15.3 Å². The number of para-hydroxylation sites is 1. The minimum Gasteiger partial charge on any atom is -0.496 e. The number of methoxy groups -OCH3 is 1. The van der Waals surface area contributed by atoms with Crippen molar-refractivity contribution in [3.05, 3.63) is 42.9 Å². The van der Waals surface area contributed by atoms with E-state index in [-0.39, 0.29) is 6.61 Å². The van der Waals surface area contributed by atoms with Crippen molar-refractivity contribution in [2.45, 2.75) is 6.42 Å². The summed E-state index contributed by atoms with van der Waals surface area (Å²) in [7, 11) is 1.66. The van der Waals surface area contributed by atoms with E-state index in [0.717, 1.165) is 22.7 Å². The van der Waals surface area contributed by atoms with E-state index in [4.69, 9.17) is 9.84 Å².